The number of hydrogen-bond donors (Lipinski definition) is 1. The molecule has 1 aromatic rings. The maximum Gasteiger partial charge on any atom is 0.162 e. The van der Waals surface area contributed by atoms with E-state index in [9.17, 15) is 0 Å². The van der Waals surface area contributed by atoms with Crippen molar-refractivity contribution in [1.82, 2.24) is 0 Å². The third-order valence-corrected chi connectivity index (χ3v) is 3.77. The topological polar surface area (TPSA) is 30.5 Å². The van der Waals surface area contributed by atoms with Crippen LogP contribution in [-0.4, -0.2) is 20.3 Å². The lowest BCUT2D eigenvalue weighted by atomic mass is 9.87. The molecule has 1 N–H and O–H groups in total. The van der Waals surface area contributed by atoms with Gasteiger partial charge in [-0.05, 0) is 43.7 Å². The molecule has 0 aliphatic heterocycles. The molecule has 0 aromatic heterocycles. The fourth-order valence-electron chi connectivity index (χ4n) is 2.57. The zero-order valence-corrected chi connectivity index (χ0v) is 11.5. The van der Waals surface area contributed by atoms with E-state index in [1.807, 2.05) is 12.1 Å². The Morgan fingerprint density at radius 3 is 2.28 bits per heavy atom. The van der Waals surface area contributed by atoms with Crippen LogP contribution < -0.4 is 14.8 Å². The van der Waals surface area contributed by atoms with Crippen molar-refractivity contribution in [2.75, 3.05) is 19.5 Å². The van der Waals surface area contributed by atoms with Gasteiger partial charge in [0.2, 0.25) is 0 Å². The average molecular weight is 249 g/mol. The lowest BCUT2D eigenvalue weighted by molar-refractivity contribution is 0.353. The zero-order chi connectivity index (χ0) is 13.0. The number of nitrogens with one attached hydrogen (secondary N) is 1. The first-order chi connectivity index (χ1) is 8.72. The van der Waals surface area contributed by atoms with Crippen molar-refractivity contribution >= 4 is 5.69 Å². The van der Waals surface area contributed by atoms with Gasteiger partial charge in [0, 0.05) is 17.8 Å². The van der Waals surface area contributed by atoms with Crippen LogP contribution in [-0.2, 0) is 0 Å². The van der Waals surface area contributed by atoms with E-state index < -0.39 is 0 Å². The minimum absolute atomic E-state index is 0.597. The number of hydrogen-bond acceptors (Lipinski definition) is 3. The van der Waals surface area contributed by atoms with Gasteiger partial charge in [0.15, 0.2) is 11.5 Å². The van der Waals surface area contributed by atoms with Crippen LogP contribution in [0.15, 0.2) is 18.2 Å². The van der Waals surface area contributed by atoms with Gasteiger partial charge in [0.1, 0.15) is 0 Å². The Labute approximate surface area is 109 Å². The predicted molar refractivity (Wildman–Crippen MR) is 74.6 cm³/mol. The molecule has 0 atom stereocenters. The lowest BCUT2D eigenvalue weighted by Gasteiger charge is -2.28. The van der Waals surface area contributed by atoms with Crippen molar-refractivity contribution in [3.8, 4) is 11.5 Å². The Morgan fingerprint density at radius 2 is 1.67 bits per heavy atom. The minimum atomic E-state index is 0.597. The van der Waals surface area contributed by atoms with E-state index in [0.717, 1.165) is 23.1 Å². The van der Waals surface area contributed by atoms with Crippen LogP contribution in [0.1, 0.15) is 32.6 Å². The third kappa shape index (κ3) is 3.09. The summed E-state index contributed by atoms with van der Waals surface area (Å²) in [7, 11) is 3.33. The van der Waals surface area contributed by atoms with Crippen molar-refractivity contribution < 1.29 is 9.47 Å². The maximum absolute atomic E-state index is 5.32. The van der Waals surface area contributed by atoms with Crippen LogP contribution in [0.5, 0.6) is 11.5 Å². The van der Waals surface area contributed by atoms with Crippen LogP contribution in [0.25, 0.3) is 0 Å². The Balaban J connectivity index is 2.01. The summed E-state index contributed by atoms with van der Waals surface area (Å²) in [6, 6.07) is 6.61. The molecule has 1 fully saturated rings. The summed E-state index contributed by atoms with van der Waals surface area (Å²) in [4.78, 5) is 0. The van der Waals surface area contributed by atoms with Crippen molar-refractivity contribution in [3.05, 3.63) is 18.2 Å². The SMILES string of the molecule is COc1ccc(NC2CCC(C)CC2)cc1OC. The molecule has 1 aliphatic rings. The number of anilines is 1. The minimum Gasteiger partial charge on any atom is -0.493 e. The number of rotatable bonds is 4. The molecule has 1 aliphatic carbocycles. The molecule has 0 spiro atoms. The quantitative estimate of drug-likeness (QED) is 0.882. The second kappa shape index (κ2) is 5.98. The van der Waals surface area contributed by atoms with Gasteiger partial charge in [-0.1, -0.05) is 6.92 Å². The lowest BCUT2D eigenvalue weighted by Crippen LogP contribution is -2.25. The summed E-state index contributed by atoms with van der Waals surface area (Å²) in [5.74, 6) is 2.44. The summed E-state index contributed by atoms with van der Waals surface area (Å²) >= 11 is 0. The fraction of sp³-hybridized carbons (Fsp3) is 0.600. The molecule has 0 amide bonds. The molecule has 0 saturated heterocycles. The summed E-state index contributed by atoms with van der Waals surface area (Å²) in [5.41, 5.74) is 1.12. The van der Waals surface area contributed by atoms with Gasteiger partial charge >= 0.3 is 0 Å². The first-order valence-corrected chi connectivity index (χ1v) is 6.71. The fourth-order valence-corrected chi connectivity index (χ4v) is 2.57. The van der Waals surface area contributed by atoms with E-state index in [1.54, 1.807) is 14.2 Å². The molecule has 0 bridgehead atoms. The van der Waals surface area contributed by atoms with E-state index in [4.69, 9.17) is 9.47 Å². The van der Waals surface area contributed by atoms with Crippen molar-refractivity contribution in [2.45, 2.75) is 38.6 Å². The molecule has 3 nitrogen and oxygen atoms in total. The highest BCUT2D eigenvalue weighted by Gasteiger charge is 2.18. The van der Waals surface area contributed by atoms with Crippen molar-refractivity contribution in [1.29, 1.82) is 0 Å². The van der Waals surface area contributed by atoms with Crippen LogP contribution in [0, 0.1) is 5.92 Å². The van der Waals surface area contributed by atoms with Gasteiger partial charge in [0.05, 0.1) is 14.2 Å². The molecular formula is C15H23NO2. The van der Waals surface area contributed by atoms with Crippen molar-refractivity contribution in [2.24, 2.45) is 5.92 Å². The summed E-state index contributed by atoms with van der Waals surface area (Å²) < 4.78 is 10.6. The standard InChI is InChI=1S/C15H23NO2/c1-11-4-6-12(7-5-11)16-13-8-9-14(17-2)15(10-13)18-3/h8-12,16H,4-7H2,1-3H3. The molecule has 3 heteroatoms. The molecule has 18 heavy (non-hydrogen) atoms. The van der Waals surface area contributed by atoms with Crippen LogP contribution >= 0.6 is 0 Å². The van der Waals surface area contributed by atoms with Gasteiger partial charge in [-0.3, -0.25) is 0 Å². The van der Waals surface area contributed by atoms with E-state index in [-0.39, 0.29) is 0 Å². The van der Waals surface area contributed by atoms with Crippen molar-refractivity contribution in [3.63, 3.8) is 0 Å². The Kier molecular flexibility index (Phi) is 4.34. The largest absolute Gasteiger partial charge is 0.493 e. The van der Waals surface area contributed by atoms with E-state index in [2.05, 4.69) is 18.3 Å². The Bertz CT molecular complexity index is 384. The van der Waals surface area contributed by atoms with Gasteiger partial charge in [-0.25, -0.2) is 0 Å². The molecule has 1 saturated carbocycles. The molecule has 0 radical (unpaired) electrons. The van der Waals surface area contributed by atoms with Gasteiger partial charge in [-0.2, -0.15) is 0 Å². The normalized spacial score (nSPS) is 23.5. The van der Waals surface area contributed by atoms with E-state index in [1.165, 1.54) is 25.7 Å². The van der Waals surface area contributed by atoms with Crippen LogP contribution in [0.4, 0.5) is 5.69 Å². The summed E-state index contributed by atoms with van der Waals surface area (Å²) in [5, 5.41) is 3.59. The predicted octanol–water partition coefficient (Wildman–Crippen LogP) is 3.69. The Hall–Kier alpha value is -1.38. The van der Waals surface area contributed by atoms with Crippen LogP contribution in [0.2, 0.25) is 0 Å². The maximum atomic E-state index is 5.32. The molecule has 1 aromatic carbocycles. The second-order valence-electron chi connectivity index (χ2n) is 5.17. The highest BCUT2D eigenvalue weighted by Crippen LogP contribution is 2.32. The van der Waals surface area contributed by atoms with Gasteiger partial charge < -0.3 is 14.8 Å². The number of ether oxygens (including phenoxy) is 2. The van der Waals surface area contributed by atoms with Gasteiger partial charge in [-0.15, -0.1) is 0 Å². The zero-order valence-electron chi connectivity index (χ0n) is 11.5. The average Bonchev–Trinajstić information content (AvgIpc) is 2.41. The first-order valence-electron chi connectivity index (χ1n) is 6.71. The Morgan fingerprint density at radius 1 is 1.00 bits per heavy atom. The van der Waals surface area contributed by atoms with Gasteiger partial charge in [0.25, 0.3) is 0 Å². The monoisotopic (exact) mass is 249 g/mol. The molecule has 2 rings (SSSR count). The number of methoxy groups -OCH3 is 2. The molecule has 100 valence electrons. The van der Waals surface area contributed by atoms with E-state index in [0.29, 0.717) is 6.04 Å². The smallest absolute Gasteiger partial charge is 0.162 e. The van der Waals surface area contributed by atoms with E-state index >= 15 is 0 Å². The molecular weight excluding hydrogens is 226 g/mol. The molecule has 0 unspecified atom stereocenters. The third-order valence-electron chi connectivity index (χ3n) is 3.77. The highest BCUT2D eigenvalue weighted by molar-refractivity contribution is 5.55. The first kappa shape index (κ1) is 13.1. The molecule has 0 heterocycles. The summed E-state index contributed by atoms with van der Waals surface area (Å²) in [6.45, 7) is 2.34. The van der Waals surface area contributed by atoms with Crippen LogP contribution in [0.3, 0.4) is 0 Å². The summed E-state index contributed by atoms with van der Waals surface area (Å²) in [6.07, 6.45) is 5.17. The highest BCUT2D eigenvalue weighted by atomic mass is 16.5. The second-order valence-corrected chi connectivity index (χ2v) is 5.17. The number of benzene rings is 1.